The van der Waals surface area contributed by atoms with Crippen LogP contribution in [0.1, 0.15) is 46.5 Å². The van der Waals surface area contributed by atoms with E-state index in [4.69, 9.17) is 9.84 Å². The number of hydrogen-bond donors (Lipinski definition) is 1. The molecule has 1 fully saturated rings. The molecule has 0 saturated carbocycles. The number of carboxylic acid groups (broad SMARTS) is 1. The highest BCUT2D eigenvalue weighted by atomic mass is 16.5. The molecule has 116 valence electrons. The highest BCUT2D eigenvalue weighted by molar-refractivity contribution is 5.78. The van der Waals surface area contributed by atoms with Crippen molar-refractivity contribution in [2.45, 2.75) is 58.6 Å². The number of likely N-dealkylation sites (tertiary alicyclic amines) is 1. The number of rotatable bonds is 7. The Morgan fingerprint density at radius 3 is 2.50 bits per heavy atom. The van der Waals surface area contributed by atoms with Crippen molar-refractivity contribution in [3.63, 3.8) is 0 Å². The average molecular weight is 285 g/mol. The van der Waals surface area contributed by atoms with Crippen LogP contribution in [0.15, 0.2) is 0 Å². The maximum atomic E-state index is 12.4. The molecule has 1 aliphatic rings. The van der Waals surface area contributed by atoms with E-state index in [-0.39, 0.29) is 24.5 Å². The number of methoxy groups -OCH3 is 1. The van der Waals surface area contributed by atoms with Crippen LogP contribution < -0.4 is 0 Å². The molecule has 1 amide bonds. The molecule has 3 atom stereocenters. The first-order chi connectivity index (χ1) is 9.33. The van der Waals surface area contributed by atoms with Gasteiger partial charge in [-0.15, -0.1) is 0 Å². The first-order valence-corrected chi connectivity index (χ1v) is 7.37. The Labute approximate surface area is 121 Å². The molecule has 0 aromatic heterocycles. The lowest BCUT2D eigenvalue weighted by molar-refractivity contribution is -0.140. The normalized spacial score (nSPS) is 24.1. The van der Waals surface area contributed by atoms with Gasteiger partial charge in [-0.25, -0.2) is 0 Å². The van der Waals surface area contributed by atoms with E-state index >= 15 is 0 Å². The average Bonchev–Trinajstić information content (AvgIpc) is 2.69. The molecule has 0 aliphatic carbocycles. The zero-order valence-corrected chi connectivity index (χ0v) is 13.0. The molecule has 20 heavy (non-hydrogen) atoms. The van der Waals surface area contributed by atoms with Crippen LogP contribution in [0.2, 0.25) is 0 Å². The summed E-state index contributed by atoms with van der Waals surface area (Å²) in [6.45, 7) is 6.88. The number of ether oxygens (including phenoxy) is 1. The number of carbonyl (C=O) groups is 2. The van der Waals surface area contributed by atoms with Gasteiger partial charge in [-0.05, 0) is 24.7 Å². The quantitative estimate of drug-likeness (QED) is 0.778. The molecular weight excluding hydrogens is 258 g/mol. The fraction of sp³-hybridized carbons (Fsp3) is 0.867. The zero-order chi connectivity index (χ0) is 15.3. The van der Waals surface area contributed by atoms with Crippen LogP contribution in [0.3, 0.4) is 0 Å². The Bertz CT molecular complexity index is 343. The lowest BCUT2D eigenvalue weighted by Gasteiger charge is -2.25. The van der Waals surface area contributed by atoms with E-state index < -0.39 is 5.97 Å². The Morgan fingerprint density at radius 1 is 1.35 bits per heavy atom. The predicted molar refractivity (Wildman–Crippen MR) is 76.4 cm³/mol. The summed E-state index contributed by atoms with van der Waals surface area (Å²) < 4.78 is 5.29. The van der Waals surface area contributed by atoms with Crippen molar-refractivity contribution >= 4 is 11.9 Å². The van der Waals surface area contributed by atoms with E-state index in [2.05, 4.69) is 20.8 Å². The smallest absolute Gasteiger partial charge is 0.305 e. The van der Waals surface area contributed by atoms with Crippen molar-refractivity contribution in [1.82, 2.24) is 4.90 Å². The van der Waals surface area contributed by atoms with Crippen molar-refractivity contribution < 1.29 is 19.4 Å². The van der Waals surface area contributed by atoms with E-state index in [0.717, 1.165) is 6.42 Å². The predicted octanol–water partition coefficient (Wildman–Crippen LogP) is 2.15. The number of hydrogen-bond acceptors (Lipinski definition) is 3. The van der Waals surface area contributed by atoms with Gasteiger partial charge in [0.15, 0.2) is 0 Å². The third-order valence-electron chi connectivity index (χ3n) is 3.84. The molecule has 0 aromatic carbocycles. The van der Waals surface area contributed by atoms with E-state index in [9.17, 15) is 9.59 Å². The summed E-state index contributed by atoms with van der Waals surface area (Å²) in [4.78, 5) is 25.0. The highest BCUT2D eigenvalue weighted by Crippen LogP contribution is 2.25. The van der Waals surface area contributed by atoms with Crippen LogP contribution in [0.25, 0.3) is 0 Å². The van der Waals surface area contributed by atoms with E-state index in [1.54, 1.807) is 12.0 Å². The van der Waals surface area contributed by atoms with Crippen LogP contribution in [-0.4, -0.2) is 47.7 Å². The van der Waals surface area contributed by atoms with Crippen LogP contribution in [0, 0.1) is 11.8 Å². The first kappa shape index (κ1) is 17.0. The fourth-order valence-electron chi connectivity index (χ4n) is 3.05. The molecule has 5 nitrogen and oxygen atoms in total. The Balaban J connectivity index is 2.60. The van der Waals surface area contributed by atoms with E-state index in [0.29, 0.717) is 31.2 Å². The fourth-order valence-corrected chi connectivity index (χ4v) is 3.05. The molecule has 1 N–H and O–H groups in total. The maximum Gasteiger partial charge on any atom is 0.305 e. The van der Waals surface area contributed by atoms with Gasteiger partial charge in [-0.1, -0.05) is 20.8 Å². The molecule has 0 radical (unpaired) electrons. The van der Waals surface area contributed by atoms with Gasteiger partial charge in [0.25, 0.3) is 0 Å². The molecule has 1 aliphatic heterocycles. The van der Waals surface area contributed by atoms with Crippen molar-refractivity contribution in [2.24, 2.45) is 11.8 Å². The van der Waals surface area contributed by atoms with Gasteiger partial charge >= 0.3 is 5.97 Å². The third kappa shape index (κ3) is 5.12. The van der Waals surface area contributed by atoms with Gasteiger partial charge in [0.1, 0.15) is 0 Å². The minimum Gasteiger partial charge on any atom is -0.481 e. The van der Waals surface area contributed by atoms with E-state index in [1.165, 1.54) is 0 Å². The van der Waals surface area contributed by atoms with Gasteiger partial charge < -0.3 is 14.7 Å². The molecule has 1 heterocycles. The second-order valence-electron chi connectivity index (χ2n) is 6.33. The standard InChI is InChI=1S/C15H27NO4/c1-10(2)5-11(3)6-14(17)16-9-13(20-4)7-12(16)8-15(18)19/h10-13H,5-9H2,1-4H3,(H,18,19). The first-order valence-electron chi connectivity index (χ1n) is 7.37. The van der Waals surface area contributed by atoms with Crippen LogP contribution >= 0.6 is 0 Å². The SMILES string of the molecule is COC1CC(CC(=O)O)N(C(=O)CC(C)CC(C)C)C1. The Morgan fingerprint density at radius 2 is 2.00 bits per heavy atom. The molecule has 0 spiro atoms. The summed E-state index contributed by atoms with van der Waals surface area (Å²) in [5.74, 6) is 0.0937. The number of nitrogens with zero attached hydrogens (tertiary/aromatic N) is 1. The second-order valence-corrected chi connectivity index (χ2v) is 6.33. The number of aliphatic carboxylic acids is 1. The number of carboxylic acids is 1. The highest BCUT2D eigenvalue weighted by Gasteiger charge is 2.36. The Kier molecular flexibility index (Phi) is 6.46. The topological polar surface area (TPSA) is 66.8 Å². The minimum absolute atomic E-state index is 0.00413. The van der Waals surface area contributed by atoms with Gasteiger partial charge in [0.2, 0.25) is 5.91 Å². The van der Waals surface area contributed by atoms with Crippen molar-refractivity contribution in [3.05, 3.63) is 0 Å². The van der Waals surface area contributed by atoms with Crippen LogP contribution in [-0.2, 0) is 14.3 Å². The number of carbonyl (C=O) groups excluding carboxylic acids is 1. The monoisotopic (exact) mass is 285 g/mol. The summed E-state index contributed by atoms with van der Waals surface area (Å²) in [6, 6.07) is -0.226. The van der Waals surface area contributed by atoms with Gasteiger partial charge in [0.05, 0.1) is 12.5 Å². The second kappa shape index (κ2) is 7.62. The van der Waals surface area contributed by atoms with Crippen molar-refractivity contribution in [1.29, 1.82) is 0 Å². The Hall–Kier alpha value is -1.10. The van der Waals surface area contributed by atoms with Crippen LogP contribution in [0.4, 0.5) is 0 Å². The maximum absolute atomic E-state index is 12.4. The zero-order valence-electron chi connectivity index (χ0n) is 13.0. The molecule has 1 saturated heterocycles. The lowest BCUT2D eigenvalue weighted by atomic mass is 9.95. The minimum atomic E-state index is -0.861. The lowest BCUT2D eigenvalue weighted by Crippen LogP contribution is -2.38. The molecule has 1 rings (SSSR count). The largest absolute Gasteiger partial charge is 0.481 e. The van der Waals surface area contributed by atoms with E-state index in [1.807, 2.05) is 0 Å². The summed E-state index contributed by atoms with van der Waals surface area (Å²) in [5.41, 5.74) is 0. The molecular formula is C15H27NO4. The van der Waals surface area contributed by atoms with Crippen molar-refractivity contribution in [2.75, 3.05) is 13.7 Å². The van der Waals surface area contributed by atoms with Gasteiger partial charge in [0, 0.05) is 26.1 Å². The van der Waals surface area contributed by atoms with Gasteiger partial charge in [-0.3, -0.25) is 9.59 Å². The molecule has 0 bridgehead atoms. The number of amides is 1. The summed E-state index contributed by atoms with van der Waals surface area (Å²) >= 11 is 0. The van der Waals surface area contributed by atoms with Gasteiger partial charge in [-0.2, -0.15) is 0 Å². The van der Waals surface area contributed by atoms with Crippen LogP contribution in [0.5, 0.6) is 0 Å². The summed E-state index contributed by atoms with van der Waals surface area (Å²) in [5, 5.41) is 8.95. The van der Waals surface area contributed by atoms with Crippen molar-refractivity contribution in [3.8, 4) is 0 Å². The molecule has 3 unspecified atom stereocenters. The summed E-state index contributed by atoms with van der Waals surface area (Å²) in [6.07, 6.45) is 2.09. The third-order valence-corrected chi connectivity index (χ3v) is 3.84. The summed E-state index contributed by atoms with van der Waals surface area (Å²) in [7, 11) is 1.61. The molecule has 5 heteroatoms. The molecule has 0 aromatic rings.